The lowest BCUT2D eigenvalue weighted by Crippen LogP contribution is -2.50. The average molecular weight is 436 g/mol. The predicted octanol–water partition coefficient (Wildman–Crippen LogP) is 2.24. The van der Waals surface area contributed by atoms with E-state index in [9.17, 15) is 18.0 Å². The van der Waals surface area contributed by atoms with Gasteiger partial charge in [-0.05, 0) is 30.5 Å². The number of benzene rings is 1. The van der Waals surface area contributed by atoms with Crippen LogP contribution in [-0.4, -0.2) is 55.6 Å². The van der Waals surface area contributed by atoms with Gasteiger partial charge in [-0.3, -0.25) is 9.59 Å². The Balaban J connectivity index is 1.45. The predicted molar refractivity (Wildman–Crippen MR) is 112 cm³/mol. The minimum atomic E-state index is -3.54. The Kier molecular flexibility index (Phi) is 7.05. The lowest BCUT2D eigenvalue weighted by atomic mass is 10.2. The van der Waals surface area contributed by atoms with Crippen LogP contribution in [0, 0.1) is 0 Å². The van der Waals surface area contributed by atoms with Gasteiger partial charge in [0.15, 0.2) is 0 Å². The lowest BCUT2D eigenvalue weighted by Gasteiger charge is -2.34. The van der Waals surface area contributed by atoms with Gasteiger partial charge in [0.2, 0.25) is 21.8 Å². The zero-order valence-electron chi connectivity index (χ0n) is 16.3. The molecule has 0 saturated carbocycles. The Morgan fingerprint density at radius 2 is 1.72 bits per heavy atom. The molecule has 1 aromatic carbocycles. The molecule has 9 heteroatoms. The third-order valence-electron chi connectivity index (χ3n) is 4.89. The molecule has 2 amide bonds. The summed E-state index contributed by atoms with van der Waals surface area (Å²) >= 11 is 1.58. The maximum Gasteiger partial charge on any atom is 0.243 e. The third kappa shape index (κ3) is 5.43. The van der Waals surface area contributed by atoms with Crippen molar-refractivity contribution < 1.29 is 18.0 Å². The van der Waals surface area contributed by atoms with Crippen molar-refractivity contribution in [1.82, 2.24) is 14.5 Å². The molecule has 0 radical (unpaired) electrons. The van der Waals surface area contributed by atoms with Crippen molar-refractivity contribution >= 4 is 33.2 Å². The highest BCUT2D eigenvalue weighted by Gasteiger charge is 2.30. The first-order valence-corrected chi connectivity index (χ1v) is 11.9. The number of amides is 2. The van der Waals surface area contributed by atoms with Crippen molar-refractivity contribution in [2.24, 2.45) is 0 Å². The van der Waals surface area contributed by atoms with Gasteiger partial charge >= 0.3 is 0 Å². The van der Waals surface area contributed by atoms with Crippen molar-refractivity contribution in [1.29, 1.82) is 0 Å². The Hall–Kier alpha value is -2.23. The van der Waals surface area contributed by atoms with Crippen LogP contribution in [0.15, 0.2) is 52.7 Å². The number of hydrogen-bond acceptors (Lipinski definition) is 5. The molecule has 1 saturated heterocycles. The molecule has 2 aromatic rings. The maximum atomic E-state index is 12.6. The van der Waals surface area contributed by atoms with Crippen molar-refractivity contribution in [2.45, 2.75) is 30.7 Å². The third-order valence-corrected chi connectivity index (χ3v) is 7.85. The van der Waals surface area contributed by atoms with E-state index in [1.807, 2.05) is 24.4 Å². The minimum absolute atomic E-state index is 0.0793. The quantitative estimate of drug-likeness (QED) is 0.723. The summed E-state index contributed by atoms with van der Waals surface area (Å²) in [7, 11) is -3.54. The number of nitrogens with one attached hydrogen (secondary N) is 1. The highest BCUT2D eigenvalue weighted by Crippen LogP contribution is 2.19. The molecule has 7 nitrogen and oxygen atoms in total. The molecule has 2 heterocycles. The molecule has 156 valence electrons. The fraction of sp³-hybridized carbons (Fsp3) is 0.400. The summed E-state index contributed by atoms with van der Waals surface area (Å²) in [5, 5.41) is 4.86. The topological polar surface area (TPSA) is 86.8 Å². The van der Waals surface area contributed by atoms with Crippen molar-refractivity contribution in [2.75, 3.05) is 26.2 Å². The van der Waals surface area contributed by atoms with Gasteiger partial charge in [0.05, 0.1) is 10.9 Å². The van der Waals surface area contributed by atoms with Gasteiger partial charge in [-0.25, -0.2) is 8.42 Å². The first kappa shape index (κ1) is 21.5. The Labute approximate surface area is 175 Å². The zero-order valence-corrected chi connectivity index (χ0v) is 17.9. The number of carbonyl (C=O) groups is 2. The highest BCUT2D eigenvalue weighted by atomic mass is 32.2. The highest BCUT2D eigenvalue weighted by molar-refractivity contribution is 7.89. The van der Waals surface area contributed by atoms with Gasteiger partial charge in [-0.1, -0.05) is 24.3 Å². The summed E-state index contributed by atoms with van der Waals surface area (Å²) in [6, 6.07) is 12.1. The SMILES string of the molecule is CC(NC(=O)CCC(=O)N1CCN(S(=O)(=O)c2ccccc2)CC1)c1cccs1. The number of carbonyl (C=O) groups excluding carboxylic acids is 2. The van der Waals surface area contributed by atoms with Gasteiger partial charge in [-0.2, -0.15) is 4.31 Å². The summed E-state index contributed by atoms with van der Waals surface area (Å²) in [5.74, 6) is -0.287. The second-order valence-corrected chi connectivity index (χ2v) is 9.82. The molecule has 1 atom stereocenters. The zero-order chi connectivity index (χ0) is 20.9. The molecule has 1 fully saturated rings. The van der Waals surface area contributed by atoms with Gasteiger partial charge in [0.25, 0.3) is 0 Å². The van der Waals surface area contributed by atoms with Crippen LogP contribution >= 0.6 is 11.3 Å². The molecule has 1 unspecified atom stereocenters. The molecule has 0 aliphatic carbocycles. The van der Waals surface area contributed by atoms with Gasteiger partial charge in [0.1, 0.15) is 0 Å². The van der Waals surface area contributed by atoms with E-state index in [4.69, 9.17) is 0 Å². The van der Waals surface area contributed by atoms with E-state index in [2.05, 4.69) is 5.32 Å². The Morgan fingerprint density at radius 1 is 1.03 bits per heavy atom. The summed E-state index contributed by atoms with van der Waals surface area (Å²) in [6.45, 7) is 3.09. The smallest absolute Gasteiger partial charge is 0.243 e. The van der Waals surface area contributed by atoms with E-state index in [0.29, 0.717) is 13.1 Å². The summed E-state index contributed by atoms with van der Waals surface area (Å²) in [6.07, 6.45) is 0.242. The molecular weight excluding hydrogens is 410 g/mol. The van der Waals surface area contributed by atoms with E-state index in [0.717, 1.165) is 4.88 Å². The van der Waals surface area contributed by atoms with Crippen LogP contribution in [0.2, 0.25) is 0 Å². The van der Waals surface area contributed by atoms with Crippen LogP contribution in [0.4, 0.5) is 0 Å². The molecule has 3 rings (SSSR count). The summed E-state index contributed by atoms with van der Waals surface area (Å²) < 4.78 is 26.7. The van der Waals surface area contributed by atoms with Crippen LogP contribution in [0.1, 0.15) is 30.7 Å². The van der Waals surface area contributed by atoms with Crippen molar-refractivity contribution in [3.63, 3.8) is 0 Å². The fourth-order valence-electron chi connectivity index (χ4n) is 3.22. The van der Waals surface area contributed by atoms with Gasteiger partial charge < -0.3 is 10.2 Å². The van der Waals surface area contributed by atoms with Crippen LogP contribution < -0.4 is 5.32 Å². The molecule has 1 aliphatic heterocycles. The monoisotopic (exact) mass is 435 g/mol. The molecular formula is C20H25N3O4S2. The van der Waals surface area contributed by atoms with E-state index in [1.54, 1.807) is 46.6 Å². The van der Waals surface area contributed by atoms with E-state index >= 15 is 0 Å². The largest absolute Gasteiger partial charge is 0.349 e. The van der Waals surface area contributed by atoms with E-state index < -0.39 is 10.0 Å². The number of sulfonamides is 1. The summed E-state index contributed by atoms with van der Waals surface area (Å²) in [4.78, 5) is 27.5. The Morgan fingerprint density at radius 3 is 2.34 bits per heavy atom. The average Bonchev–Trinajstić information content (AvgIpc) is 3.28. The second kappa shape index (κ2) is 9.51. The van der Waals surface area contributed by atoms with Crippen LogP contribution in [0.3, 0.4) is 0 Å². The fourth-order valence-corrected chi connectivity index (χ4v) is 5.40. The molecule has 0 bridgehead atoms. The van der Waals surface area contributed by atoms with Crippen LogP contribution in [0.5, 0.6) is 0 Å². The second-order valence-electron chi connectivity index (χ2n) is 6.90. The van der Waals surface area contributed by atoms with Crippen molar-refractivity contribution in [3.05, 3.63) is 52.7 Å². The van der Waals surface area contributed by atoms with E-state index in [-0.39, 0.29) is 48.7 Å². The maximum absolute atomic E-state index is 12.6. The van der Waals surface area contributed by atoms with E-state index in [1.165, 1.54) is 4.31 Å². The van der Waals surface area contributed by atoms with Gasteiger partial charge in [-0.15, -0.1) is 11.3 Å². The number of nitrogens with zero attached hydrogens (tertiary/aromatic N) is 2. The molecule has 29 heavy (non-hydrogen) atoms. The number of thiophene rings is 1. The first-order valence-electron chi connectivity index (χ1n) is 9.53. The first-order chi connectivity index (χ1) is 13.9. The number of rotatable bonds is 7. The number of piperazine rings is 1. The lowest BCUT2D eigenvalue weighted by molar-refractivity contribution is -0.134. The minimum Gasteiger partial charge on any atom is -0.349 e. The molecule has 1 N–H and O–H groups in total. The molecule has 1 aliphatic rings. The molecule has 1 aromatic heterocycles. The standard InChI is InChI=1S/C20H25N3O4S2/c1-16(18-8-5-15-28-18)21-19(24)9-10-20(25)22-11-13-23(14-12-22)29(26,27)17-6-3-2-4-7-17/h2-8,15-16H,9-14H2,1H3,(H,21,24). The normalized spacial score (nSPS) is 16.4. The van der Waals surface area contributed by atoms with Crippen LogP contribution in [-0.2, 0) is 19.6 Å². The number of hydrogen-bond donors (Lipinski definition) is 1. The van der Waals surface area contributed by atoms with Crippen LogP contribution in [0.25, 0.3) is 0 Å². The Bertz CT molecular complexity index is 922. The molecule has 0 spiro atoms. The van der Waals surface area contributed by atoms with Gasteiger partial charge in [0, 0.05) is 43.9 Å². The van der Waals surface area contributed by atoms with Crippen molar-refractivity contribution in [3.8, 4) is 0 Å². The summed E-state index contributed by atoms with van der Waals surface area (Å²) in [5.41, 5.74) is 0.